The van der Waals surface area contributed by atoms with E-state index in [2.05, 4.69) is 25.7 Å². The average molecular weight is 253 g/mol. The largest absolute Gasteiger partial charge is 0.393 e. The van der Waals surface area contributed by atoms with E-state index < -0.39 is 0 Å². The summed E-state index contributed by atoms with van der Waals surface area (Å²) >= 11 is 0. The van der Waals surface area contributed by atoms with Gasteiger partial charge in [-0.25, -0.2) is 0 Å². The number of nitrogens with zero attached hydrogens (tertiary/aromatic N) is 1. The Bertz CT molecular complexity index is 237. The fraction of sp³-hybridized carbons (Fsp3) is 1.00. The summed E-state index contributed by atoms with van der Waals surface area (Å²) in [7, 11) is 0. The molecule has 0 heterocycles. The fourth-order valence-corrected chi connectivity index (χ4v) is 4.25. The third kappa shape index (κ3) is 3.27. The molecular weight excluding hydrogens is 222 g/mol. The number of rotatable bonds is 4. The highest BCUT2D eigenvalue weighted by Crippen LogP contribution is 2.35. The number of aliphatic hydroxyl groups excluding tert-OH is 1. The molecule has 2 rings (SSSR count). The first-order valence-corrected chi connectivity index (χ1v) is 8.04. The Morgan fingerprint density at radius 2 is 1.78 bits per heavy atom. The minimum atomic E-state index is -0.0702. The molecule has 2 aliphatic carbocycles. The second kappa shape index (κ2) is 6.38. The second-order valence-electron chi connectivity index (χ2n) is 6.81. The molecule has 2 fully saturated rings. The summed E-state index contributed by atoms with van der Waals surface area (Å²) in [6.45, 7) is 9.17. The third-order valence-electron chi connectivity index (χ3n) is 5.34. The van der Waals surface area contributed by atoms with Crippen molar-refractivity contribution >= 4 is 0 Å². The molecular formula is C16H31NO. The standard InChI is InChI=1S/C16H31NO/c1-4-17(14-7-5-6-8-14)11-15-13(3)9-12(2)10-16(15)18/h12-16,18H,4-11H2,1-3H3. The first-order valence-electron chi connectivity index (χ1n) is 8.04. The Balaban J connectivity index is 1.93. The SMILES string of the molecule is CCN(CC1C(C)CC(C)CC1O)C1CCCC1. The van der Waals surface area contributed by atoms with Gasteiger partial charge < -0.3 is 10.0 Å². The van der Waals surface area contributed by atoms with Crippen LogP contribution in [0, 0.1) is 17.8 Å². The van der Waals surface area contributed by atoms with Crippen molar-refractivity contribution in [3.05, 3.63) is 0 Å². The maximum Gasteiger partial charge on any atom is 0.0585 e. The lowest BCUT2D eigenvalue weighted by Crippen LogP contribution is -2.45. The van der Waals surface area contributed by atoms with Gasteiger partial charge in [-0.15, -0.1) is 0 Å². The van der Waals surface area contributed by atoms with Crippen LogP contribution in [0.1, 0.15) is 59.3 Å². The van der Waals surface area contributed by atoms with Crippen molar-refractivity contribution in [2.45, 2.75) is 71.4 Å². The van der Waals surface area contributed by atoms with Crippen LogP contribution < -0.4 is 0 Å². The zero-order chi connectivity index (χ0) is 13.1. The number of hydrogen-bond acceptors (Lipinski definition) is 2. The van der Waals surface area contributed by atoms with Gasteiger partial charge in [-0.3, -0.25) is 0 Å². The summed E-state index contributed by atoms with van der Waals surface area (Å²) < 4.78 is 0. The molecule has 2 heteroatoms. The van der Waals surface area contributed by atoms with Crippen molar-refractivity contribution in [2.75, 3.05) is 13.1 Å². The third-order valence-corrected chi connectivity index (χ3v) is 5.34. The summed E-state index contributed by atoms with van der Waals surface area (Å²) in [6.07, 6.45) is 7.80. The summed E-state index contributed by atoms with van der Waals surface area (Å²) in [4.78, 5) is 2.65. The first-order chi connectivity index (χ1) is 8.61. The van der Waals surface area contributed by atoms with Crippen LogP contribution in [0.25, 0.3) is 0 Å². The Morgan fingerprint density at radius 3 is 2.33 bits per heavy atom. The molecule has 106 valence electrons. The Hall–Kier alpha value is -0.0800. The van der Waals surface area contributed by atoms with Crippen molar-refractivity contribution < 1.29 is 5.11 Å². The molecule has 1 N–H and O–H groups in total. The monoisotopic (exact) mass is 253 g/mol. The zero-order valence-electron chi connectivity index (χ0n) is 12.4. The summed E-state index contributed by atoms with van der Waals surface area (Å²) in [6, 6.07) is 0.800. The predicted octanol–water partition coefficient (Wildman–Crippen LogP) is 3.29. The molecule has 0 aromatic carbocycles. The minimum Gasteiger partial charge on any atom is -0.393 e. The van der Waals surface area contributed by atoms with Gasteiger partial charge in [0.25, 0.3) is 0 Å². The van der Waals surface area contributed by atoms with Gasteiger partial charge in [-0.2, -0.15) is 0 Å². The first kappa shape index (κ1) is 14.3. The molecule has 4 atom stereocenters. The summed E-state index contributed by atoms with van der Waals surface area (Å²) in [5.41, 5.74) is 0. The molecule has 2 nitrogen and oxygen atoms in total. The topological polar surface area (TPSA) is 23.5 Å². The number of hydrogen-bond donors (Lipinski definition) is 1. The van der Waals surface area contributed by atoms with E-state index in [4.69, 9.17) is 0 Å². The van der Waals surface area contributed by atoms with Gasteiger partial charge in [0.1, 0.15) is 0 Å². The molecule has 0 aromatic heterocycles. The van der Waals surface area contributed by atoms with Gasteiger partial charge in [0, 0.05) is 18.5 Å². The molecule has 0 spiro atoms. The van der Waals surface area contributed by atoms with Gasteiger partial charge in [-0.05, 0) is 44.1 Å². The van der Waals surface area contributed by atoms with E-state index in [0.29, 0.717) is 17.8 Å². The Kier molecular flexibility index (Phi) is 5.08. The molecule has 2 aliphatic rings. The van der Waals surface area contributed by atoms with E-state index >= 15 is 0 Å². The quantitative estimate of drug-likeness (QED) is 0.831. The Labute approximate surface area is 113 Å². The van der Waals surface area contributed by atoms with Crippen LogP contribution in [0.3, 0.4) is 0 Å². The molecule has 0 radical (unpaired) electrons. The van der Waals surface area contributed by atoms with Crippen LogP contribution in [0.2, 0.25) is 0 Å². The van der Waals surface area contributed by atoms with Crippen LogP contribution in [0.15, 0.2) is 0 Å². The zero-order valence-corrected chi connectivity index (χ0v) is 12.4. The van der Waals surface area contributed by atoms with Gasteiger partial charge in [0.05, 0.1) is 6.10 Å². The molecule has 0 bridgehead atoms. The van der Waals surface area contributed by atoms with Crippen molar-refractivity contribution in [1.29, 1.82) is 0 Å². The summed E-state index contributed by atoms with van der Waals surface area (Å²) in [5.74, 6) is 1.88. The van der Waals surface area contributed by atoms with Gasteiger partial charge >= 0.3 is 0 Å². The minimum absolute atomic E-state index is 0.0702. The van der Waals surface area contributed by atoms with Crippen molar-refractivity contribution in [3.8, 4) is 0 Å². The van der Waals surface area contributed by atoms with E-state index in [9.17, 15) is 5.11 Å². The molecule has 0 aromatic rings. The van der Waals surface area contributed by atoms with Crippen LogP contribution in [-0.2, 0) is 0 Å². The smallest absolute Gasteiger partial charge is 0.0585 e. The maximum absolute atomic E-state index is 10.4. The van der Waals surface area contributed by atoms with Crippen molar-refractivity contribution in [2.24, 2.45) is 17.8 Å². The van der Waals surface area contributed by atoms with E-state index in [0.717, 1.165) is 25.6 Å². The summed E-state index contributed by atoms with van der Waals surface area (Å²) in [5, 5.41) is 10.4. The predicted molar refractivity (Wildman–Crippen MR) is 76.6 cm³/mol. The second-order valence-corrected chi connectivity index (χ2v) is 6.81. The van der Waals surface area contributed by atoms with Crippen LogP contribution in [-0.4, -0.2) is 35.2 Å². The average Bonchev–Trinajstić information content (AvgIpc) is 2.81. The van der Waals surface area contributed by atoms with Crippen LogP contribution >= 0.6 is 0 Å². The van der Waals surface area contributed by atoms with E-state index in [-0.39, 0.29) is 6.10 Å². The van der Waals surface area contributed by atoms with Gasteiger partial charge in [-0.1, -0.05) is 33.6 Å². The molecule has 4 unspecified atom stereocenters. The van der Waals surface area contributed by atoms with Crippen molar-refractivity contribution in [3.63, 3.8) is 0 Å². The van der Waals surface area contributed by atoms with Gasteiger partial charge in [0.2, 0.25) is 0 Å². The maximum atomic E-state index is 10.4. The highest BCUT2D eigenvalue weighted by Gasteiger charge is 2.35. The highest BCUT2D eigenvalue weighted by atomic mass is 16.3. The molecule has 0 saturated heterocycles. The molecule has 2 saturated carbocycles. The number of aliphatic hydroxyl groups is 1. The Morgan fingerprint density at radius 1 is 1.11 bits per heavy atom. The lowest BCUT2D eigenvalue weighted by Gasteiger charge is -2.41. The van der Waals surface area contributed by atoms with E-state index in [1.165, 1.54) is 32.1 Å². The van der Waals surface area contributed by atoms with Gasteiger partial charge in [0.15, 0.2) is 0 Å². The van der Waals surface area contributed by atoms with Crippen LogP contribution in [0.5, 0.6) is 0 Å². The lowest BCUT2D eigenvalue weighted by molar-refractivity contribution is -0.00773. The fourth-order valence-electron chi connectivity index (χ4n) is 4.25. The van der Waals surface area contributed by atoms with Crippen molar-refractivity contribution in [1.82, 2.24) is 4.90 Å². The lowest BCUT2D eigenvalue weighted by atomic mass is 9.73. The van der Waals surface area contributed by atoms with E-state index in [1.54, 1.807) is 0 Å². The molecule has 0 aliphatic heterocycles. The normalized spacial score (nSPS) is 38.5. The highest BCUT2D eigenvalue weighted by molar-refractivity contribution is 4.87. The molecule has 0 amide bonds. The van der Waals surface area contributed by atoms with Crippen LogP contribution in [0.4, 0.5) is 0 Å². The molecule has 18 heavy (non-hydrogen) atoms. The van der Waals surface area contributed by atoms with E-state index in [1.807, 2.05) is 0 Å².